The van der Waals surface area contributed by atoms with Gasteiger partial charge in [0.2, 0.25) is 0 Å². The van der Waals surface area contributed by atoms with Crippen LogP contribution in [-0.4, -0.2) is 37.7 Å². The molecule has 2 N–H and O–H groups in total. The molecule has 15 heavy (non-hydrogen) atoms. The third kappa shape index (κ3) is 2.78. The van der Waals surface area contributed by atoms with Gasteiger partial charge in [-0.1, -0.05) is 30.3 Å². The highest BCUT2D eigenvalue weighted by atomic mass is 16.5. The van der Waals surface area contributed by atoms with Crippen LogP contribution in [-0.2, 0) is 4.74 Å². The first-order valence-corrected chi connectivity index (χ1v) is 5.49. The van der Waals surface area contributed by atoms with Crippen LogP contribution in [0.15, 0.2) is 30.3 Å². The predicted octanol–water partition coefficient (Wildman–Crippen LogP) is 1.02. The van der Waals surface area contributed by atoms with Crippen molar-refractivity contribution in [2.24, 2.45) is 5.73 Å². The Hall–Kier alpha value is -0.900. The minimum absolute atomic E-state index is 0.214. The van der Waals surface area contributed by atoms with Crippen molar-refractivity contribution in [3.8, 4) is 0 Å². The number of ether oxygens (including phenoxy) is 1. The summed E-state index contributed by atoms with van der Waals surface area (Å²) in [5, 5.41) is 0. The lowest BCUT2D eigenvalue weighted by Gasteiger charge is -2.32. The van der Waals surface area contributed by atoms with Crippen LogP contribution in [0.2, 0.25) is 0 Å². The van der Waals surface area contributed by atoms with Crippen LogP contribution in [0, 0.1) is 0 Å². The molecule has 1 fully saturated rings. The lowest BCUT2D eigenvalue weighted by molar-refractivity contribution is -0.0288. The molecule has 0 radical (unpaired) electrons. The molecular formula is C12H18N2O. The van der Waals surface area contributed by atoms with E-state index >= 15 is 0 Å². The Labute approximate surface area is 90.8 Å². The molecule has 82 valence electrons. The maximum absolute atomic E-state index is 5.76. The second-order valence-electron chi connectivity index (χ2n) is 3.86. The predicted molar refractivity (Wildman–Crippen MR) is 60.6 cm³/mol. The minimum Gasteiger partial charge on any atom is -0.371 e. The van der Waals surface area contributed by atoms with E-state index in [-0.39, 0.29) is 6.10 Å². The second kappa shape index (κ2) is 5.26. The zero-order valence-corrected chi connectivity index (χ0v) is 8.93. The Bertz CT molecular complexity index is 287. The summed E-state index contributed by atoms with van der Waals surface area (Å²) < 4.78 is 5.76. The molecular weight excluding hydrogens is 188 g/mol. The molecule has 1 saturated heterocycles. The zero-order chi connectivity index (χ0) is 10.5. The molecule has 0 saturated carbocycles. The average Bonchev–Trinajstić information content (AvgIpc) is 2.31. The summed E-state index contributed by atoms with van der Waals surface area (Å²) >= 11 is 0. The van der Waals surface area contributed by atoms with Gasteiger partial charge in [0, 0.05) is 26.2 Å². The Balaban J connectivity index is 1.98. The van der Waals surface area contributed by atoms with E-state index in [1.165, 1.54) is 5.56 Å². The van der Waals surface area contributed by atoms with E-state index in [0.717, 1.165) is 32.8 Å². The van der Waals surface area contributed by atoms with Crippen molar-refractivity contribution in [1.29, 1.82) is 0 Å². The molecule has 1 aromatic carbocycles. The largest absolute Gasteiger partial charge is 0.371 e. The fourth-order valence-corrected chi connectivity index (χ4v) is 1.96. The summed E-state index contributed by atoms with van der Waals surface area (Å²) in [6, 6.07) is 10.4. The average molecular weight is 206 g/mol. The Kier molecular flexibility index (Phi) is 3.72. The summed E-state index contributed by atoms with van der Waals surface area (Å²) in [7, 11) is 0. The number of nitrogens with two attached hydrogens (primary N) is 1. The monoisotopic (exact) mass is 206 g/mol. The smallest absolute Gasteiger partial charge is 0.0952 e. The van der Waals surface area contributed by atoms with Crippen LogP contribution in [0.5, 0.6) is 0 Å². The van der Waals surface area contributed by atoms with Gasteiger partial charge >= 0.3 is 0 Å². The van der Waals surface area contributed by atoms with E-state index < -0.39 is 0 Å². The molecule has 0 amide bonds. The molecule has 1 aliphatic rings. The van der Waals surface area contributed by atoms with Crippen molar-refractivity contribution in [3.05, 3.63) is 35.9 Å². The Morgan fingerprint density at radius 1 is 1.33 bits per heavy atom. The van der Waals surface area contributed by atoms with Crippen LogP contribution in [0.3, 0.4) is 0 Å². The van der Waals surface area contributed by atoms with Gasteiger partial charge in [-0.2, -0.15) is 0 Å². The number of nitrogens with zero attached hydrogens (tertiary/aromatic N) is 1. The third-order valence-corrected chi connectivity index (χ3v) is 2.77. The topological polar surface area (TPSA) is 38.5 Å². The van der Waals surface area contributed by atoms with Crippen molar-refractivity contribution in [2.75, 3.05) is 32.8 Å². The van der Waals surface area contributed by atoms with Crippen molar-refractivity contribution in [1.82, 2.24) is 4.90 Å². The fraction of sp³-hybridized carbons (Fsp3) is 0.500. The van der Waals surface area contributed by atoms with Crippen LogP contribution in [0.4, 0.5) is 0 Å². The number of hydrogen-bond acceptors (Lipinski definition) is 3. The van der Waals surface area contributed by atoms with E-state index in [2.05, 4.69) is 29.2 Å². The number of rotatable bonds is 3. The van der Waals surface area contributed by atoms with E-state index in [1.54, 1.807) is 0 Å². The van der Waals surface area contributed by atoms with Gasteiger partial charge in [-0.25, -0.2) is 0 Å². The molecule has 1 atom stereocenters. The van der Waals surface area contributed by atoms with E-state index in [4.69, 9.17) is 10.5 Å². The van der Waals surface area contributed by atoms with Crippen molar-refractivity contribution >= 4 is 0 Å². The summed E-state index contributed by atoms with van der Waals surface area (Å²) in [6.45, 7) is 4.45. The van der Waals surface area contributed by atoms with Gasteiger partial charge in [-0.3, -0.25) is 4.90 Å². The molecule has 1 aromatic rings. The summed E-state index contributed by atoms with van der Waals surface area (Å²) in [6.07, 6.45) is 0.214. The standard InChI is InChI=1S/C12H18N2O/c13-6-7-14-8-9-15-12(10-14)11-4-2-1-3-5-11/h1-5,12H,6-10,13H2. The van der Waals surface area contributed by atoms with Crippen LogP contribution >= 0.6 is 0 Å². The molecule has 0 spiro atoms. The van der Waals surface area contributed by atoms with Gasteiger partial charge in [0.05, 0.1) is 12.7 Å². The number of hydrogen-bond donors (Lipinski definition) is 1. The molecule has 3 nitrogen and oxygen atoms in total. The highest BCUT2D eigenvalue weighted by Crippen LogP contribution is 2.21. The first-order chi connectivity index (χ1) is 7.40. The lowest BCUT2D eigenvalue weighted by atomic mass is 10.1. The molecule has 0 aliphatic carbocycles. The van der Waals surface area contributed by atoms with Crippen molar-refractivity contribution in [2.45, 2.75) is 6.10 Å². The normalized spacial score (nSPS) is 22.9. The molecule has 0 bridgehead atoms. The van der Waals surface area contributed by atoms with Gasteiger partial charge in [0.15, 0.2) is 0 Å². The SMILES string of the molecule is NCCN1CCOC(c2ccccc2)C1. The van der Waals surface area contributed by atoms with Crippen LogP contribution in [0.1, 0.15) is 11.7 Å². The summed E-state index contributed by atoms with van der Waals surface area (Å²) in [5.74, 6) is 0. The van der Waals surface area contributed by atoms with E-state index in [9.17, 15) is 0 Å². The number of morpholine rings is 1. The van der Waals surface area contributed by atoms with Crippen LogP contribution < -0.4 is 5.73 Å². The first kappa shape index (κ1) is 10.6. The Morgan fingerprint density at radius 2 is 2.13 bits per heavy atom. The first-order valence-electron chi connectivity index (χ1n) is 5.49. The zero-order valence-electron chi connectivity index (χ0n) is 8.93. The van der Waals surface area contributed by atoms with Crippen LogP contribution in [0.25, 0.3) is 0 Å². The minimum atomic E-state index is 0.214. The molecule has 0 aromatic heterocycles. The summed E-state index contributed by atoms with van der Waals surface area (Å²) in [5.41, 5.74) is 6.82. The number of benzene rings is 1. The Morgan fingerprint density at radius 3 is 2.87 bits per heavy atom. The van der Waals surface area contributed by atoms with Gasteiger partial charge in [0.25, 0.3) is 0 Å². The molecule has 1 heterocycles. The highest BCUT2D eigenvalue weighted by Gasteiger charge is 2.20. The van der Waals surface area contributed by atoms with Crippen molar-refractivity contribution in [3.63, 3.8) is 0 Å². The van der Waals surface area contributed by atoms with E-state index in [1.807, 2.05) is 6.07 Å². The molecule has 1 aliphatic heterocycles. The lowest BCUT2D eigenvalue weighted by Crippen LogP contribution is -2.40. The van der Waals surface area contributed by atoms with Gasteiger partial charge in [-0.15, -0.1) is 0 Å². The van der Waals surface area contributed by atoms with Gasteiger partial charge in [-0.05, 0) is 5.56 Å². The van der Waals surface area contributed by atoms with Gasteiger partial charge in [0.1, 0.15) is 0 Å². The van der Waals surface area contributed by atoms with Crippen molar-refractivity contribution < 1.29 is 4.74 Å². The van der Waals surface area contributed by atoms with E-state index in [0.29, 0.717) is 0 Å². The maximum Gasteiger partial charge on any atom is 0.0952 e. The maximum atomic E-state index is 5.76. The second-order valence-corrected chi connectivity index (χ2v) is 3.86. The quantitative estimate of drug-likeness (QED) is 0.802. The summed E-state index contributed by atoms with van der Waals surface area (Å²) in [4.78, 5) is 2.36. The molecule has 1 unspecified atom stereocenters. The molecule has 2 rings (SSSR count). The highest BCUT2D eigenvalue weighted by molar-refractivity contribution is 5.18. The van der Waals surface area contributed by atoms with Gasteiger partial charge < -0.3 is 10.5 Å². The third-order valence-electron chi connectivity index (χ3n) is 2.77. The molecule has 3 heteroatoms. The fourth-order valence-electron chi connectivity index (χ4n) is 1.96.